The number of hydrogen-bond acceptors (Lipinski definition) is 7. The van der Waals surface area contributed by atoms with Crippen LogP contribution in [-0.2, 0) is 10.2 Å². The fourth-order valence-corrected chi connectivity index (χ4v) is 4.32. The Morgan fingerprint density at radius 2 is 1.86 bits per heavy atom. The van der Waals surface area contributed by atoms with E-state index in [4.69, 9.17) is 10.5 Å². The maximum atomic E-state index is 14.3. The molecule has 3 N–H and O–H groups in total. The van der Waals surface area contributed by atoms with E-state index in [9.17, 15) is 13.6 Å². The van der Waals surface area contributed by atoms with Crippen LogP contribution in [0.4, 0.5) is 20.4 Å². The van der Waals surface area contributed by atoms with Crippen LogP contribution < -0.4 is 15.8 Å². The van der Waals surface area contributed by atoms with Crippen LogP contribution >= 0.6 is 0 Å². The third kappa shape index (κ3) is 3.17. The number of nitrogens with zero attached hydrogens (tertiary/aromatic N) is 5. The van der Waals surface area contributed by atoms with Gasteiger partial charge in [0.2, 0.25) is 17.4 Å². The SMILES string of the molecule is CC1(c2ccccc2)C(=O)Nc2nc(-c3cn4ccnc4c(Oc4cccc(F)c4F)n3)nc(N)c21. The Hall–Kier alpha value is -4.93. The second kappa shape index (κ2) is 7.80. The summed E-state index contributed by atoms with van der Waals surface area (Å²) in [6, 6.07) is 12.8. The van der Waals surface area contributed by atoms with Gasteiger partial charge in [0.05, 0.1) is 5.56 Å². The van der Waals surface area contributed by atoms with Gasteiger partial charge in [0.1, 0.15) is 22.7 Å². The van der Waals surface area contributed by atoms with Gasteiger partial charge in [-0.25, -0.2) is 24.3 Å². The van der Waals surface area contributed by atoms with Crippen molar-refractivity contribution in [1.82, 2.24) is 24.3 Å². The van der Waals surface area contributed by atoms with E-state index >= 15 is 0 Å². The van der Waals surface area contributed by atoms with Gasteiger partial charge in [0.25, 0.3) is 5.88 Å². The molecule has 1 aliphatic heterocycles. The highest BCUT2D eigenvalue weighted by Crippen LogP contribution is 2.44. The molecule has 4 heterocycles. The Morgan fingerprint density at radius 3 is 2.67 bits per heavy atom. The summed E-state index contributed by atoms with van der Waals surface area (Å²) in [5, 5.41) is 2.80. The molecule has 36 heavy (non-hydrogen) atoms. The van der Waals surface area contributed by atoms with Crippen molar-refractivity contribution in [3.05, 3.63) is 89.9 Å². The predicted octanol–water partition coefficient (Wildman–Crippen LogP) is 4.10. The summed E-state index contributed by atoms with van der Waals surface area (Å²) in [6.07, 6.45) is 4.71. The van der Waals surface area contributed by atoms with Gasteiger partial charge in [0, 0.05) is 18.6 Å². The zero-order valence-corrected chi connectivity index (χ0v) is 18.7. The van der Waals surface area contributed by atoms with Gasteiger partial charge < -0.3 is 20.2 Å². The number of carbonyl (C=O) groups excluding carboxylic acids is 1. The summed E-state index contributed by atoms with van der Waals surface area (Å²) < 4.78 is 35.1. The van der Waals surface area contributed by atoms with Crippen LogP contribution in [-0.4, -0.2) is 30.2 Å². The zero-order chi connectivity index (χ0) is 25.0. The van der Waals surface area contributed by atoms with Crippen molar-refractivity contribution < 1.29 is 18.3 Å². The molecular weight excluding hydrogens is 468 g/mol. The average molecular weight is 485 g/mol. The van der Waals surface area contributed by atoms with Crippen LogP contribution in [0.25, 0.3) is 17.2 Å². The second-order valence-electron chi connectivity index (χ2n) is 8.34. The highest BCUT2D eigenvalue weighted by Gasteiger charge is 2.47. The number of benzene rings is 2. The molecule has 6 rings (SSSR count). The first-order chi connectivity index (χ1) is 17.4. The minimum Gasteiger partial charge on any atom is -0.433 e. The summed E-state index contributed by atoms with van der Waals surface area (Å²) in [5.74, 6) is -2.49. The number of nitrogen functional groups attached to an aromatic ring is 1. The van der Waals surface area contributed by atoms with Gasteiger partial charge in [-0.05, 0) is 24.6 Å². The van der Waals surface area contributed by atoms with Crippen molar-refractivity contribution in [1.29, 1.82) is 0 Å². The van der Waals surface area contributed by atoms with Crippen molar-refractivity contribution in [3.8, 4) is 23.1 Å². The molecule has 1 aliphatic rings. The van der Waals surface area contributed by atoms with Gasteiger partial charge in [-0.15, -0.1) is 0 Å². The standard InChI is InChI=1S/C25H17F2N7O2/c1-25(13-6-3-2-4-7-13)17-19(28)31-20(32-21(17)33-24(25)35)15-12-34-11-10-29-22(34)23(30-15)36-16-9-5-8-14(26)18(16)27/h2-12H,1H3,(H3,28,31,32,33,35). The third-order valence-corrected chi connectivity index (χ3v) is 6.17. The Morgan fingerprint density at radius 1 is 1.06 bits per heavy atom. The van der Waals surface area contributed by atoms with Crippen molar-refractivity contribution >= 4 is 23.2 Å². The molecule has 5 aromatic rings. The lowest BCUT2D eigenvalue weighted by molar-refractivity contribution is -0.119. The molecule has 1 unspecified atom stereocenters. The number of aromatic nitrogens is 5. The number of nitrogens with one attached hydrogen (secondary N) is 1. The van der Waals surface area contributed by atoms with Gasteiger partial charge in [-0.2, -0.15) is 4.39 Å². The van der Waals surface area contributed by atoms with Gasteiger partial charge in [-0.1, -0.05) is 36.4 Å². The number of nitrogens with two attached hydrogens (primary N) is 1. The maximum absolute atomic E-state index is 14.3. The third-order valence-electron chi connectivity index (χ3n) is 6.17. The van der Waals surface area contributed by atoms with Gasteiger partial charge in [-0.3, -0.25) is 4.79 Å². The van der Waals surface area contributed by atoms with E-state index in [-0.39, 0.29) is 46.3 Å². The maximum Gasteiger partial charge on any atom is 0.264 e. The fourth-order valence-electron chi connectivity index (χ4n) is 4.32. The second-order valence-corrected chi connectivity index (χ2v) is 8.34. The first kappa shape index (κ1) is 21.6. The fraction of sp³-hybridized carbons (Fsp3) is 0.0800. The summed E-state index contributed by atoms with van der Waals surface area (Å²) in [6.45, 7) is 1.76. The Kier molecular flexibility index (Phi) is 4.68. The van der Waals surface area contributed by atoms with E-state index in [2.05, 4.69) is 25.3 Å². The van der Waals surface area contributed by atoms with Crippen LogP contribution in [0.15, 0.2) is 67.1 Å². The molecule has 0 saturated carbocycles. The largest absolute Gasteiger partial charge is 0.433 e. The molecule has 0 fully saturated rings. The lowest BCUT2D eigenvalue weighted by Crippen LogP contribution is -2.32. The molecule has 0 spiro atoms. The van der Waals surface area contributed by atoms with Gasteiger partial charge >= 0.3 is 0 Å². The molecule has 2 aromatic carbocycles. The molecule has 0 bridgehead atoms. The zero-order valence-electron chi connectivity index (χ0n) is 18.7. The average Bonchev–Trinajstić information content (AvgIpc) is 3.45. The van der Waals surface area contributed by atoms with Crippen molar-refractivity contribution in [2.24, 2.45) is 0 Å². The van der Waals surface area contributed by atoms with Crippen LogP contribution in [0, 0.1) is 11.6 Å². The summed E-state index contributed by atoms with van der Waals surface area (Å²) in [4.78, 5) is 30.6. The quantitative estimate of drug-likeness (QED) is 0.393. The van der Waals surface area contributed by atoms with E-state index in [1.165, 1.54) is 18.3 Å². The van der Waals surface area contributed by atoms with E-state index < -0.39 is 17.0 Å². The first-order valence-electron chi connectivity index (χ1n) is 10.9. The number of amides is 1. The highest BCUT2D eigenvalue weighted by atomic mass is 19.2. The number of anilines is 2. The molecule has 0 radical (unpaired) electrons. The topological polar surface area (TPSA) is 120 Å². The van der Waals surface area contributed by atoms with Crippen LogP contribution in [0.3, 0.4) is 0 Å². The summed E-state index contributed by atoms with van der Waals surface area (Å²) in [7, 11) is 0. The van der Waals surface area contributed by atoms with E-state index in [0.717, 1.165) is 11.6 Å². The molecule has 0 saturated heterocycles. The molecule has 1 amide bonds. The van der Waals surface area contributed by atoms with Crippen molar-refractivity contribution in [3.63, 3.8) is 0 Å². The molecule has 3 aromatic heterocycles. The Labute approximate surface area is 202 Å². The molecular formula is C25H17F2N7O2. The minimum absolute atomic E-state index is 0.0946. The summed E-state index contributed by atoms with van der Waals surface area (Å²) in [5.41, 5.74) is 6.97. The number of ether oxygens (including phenoxy) is 1. The normalized spacial score (nSPS) is 16.7. The number of rotatable bonds is 4. The number of carbonyl (C=O) groups is 1. The smallest absolute Gasteiger partial charge is 0.264 e. The highest BCUT2D eigenvalue weighted by molar-refractivity contribution is 6.09. The van der Waals surface area contributed by atoms with Crippen molar-refractivity contribution in [2.45, 2.75) is 12.3 Å². The van der Waals surface area contributed by atoms with E-state index in [1.54, 1.807) is 23.7 Å². The lowest BCUT2D eigenvalue weighted by atomic mass is 9.78. The molecule has 9 nitrogen and oxygen atoms in total. The minimum atomic E-state index is -1.16. The molecule has 0 aliphatic carbocycles. The number of hydrogen-bond donors (Lipinski definition) is 2. The van der Waals surface area contributed by atoms with Crippen LogP contribution in [0.2, 0.25) is 0 Å². The Bertz CT molecular complexity index is 1670. The molecule has 1 atom stereocenters. The first-order valence-corrected chi connectivity index (χ1v) is 10.9. The lowest BCUT2D eigenvalue weighted by Gasteiger charge is -2.23. The van der Waals surface area contributed by atoms with Crippen LogP contribution in [0.1, 0.15) is 18.1 Å². The monoisotopic (exact) mass is 485 g/mol. The molecule has 11 heteroatoms. The Balaban J connectivity index is 1.47. The molecule has 178 valence electrons. The van der Waals surface area contributed by atoms with Crippen molar-refractivity contribution in [2.75, 3.05) is 11.1 Å². The number of halogens is 2. The van der Waals surface area contributed by atoms with E-state index in [1.807, 2.05) is 30.3 Å². The van der Waals surface area contributed by atoms with Crippen LogP contribution in [0.5, 0.6) is 11.6 Å². The number of fused-ring (bicyclic) bond motifs is 2. The number of imidazole rings is 1. The van der Waals surface area contributed by atoms with Gasteiger partial charge in [0.15, 0.2) is 17.4 Å². The summed E-state index contributed by atoms with van der Waals surface area (Å²) >= 11 is 0. The van der Waals surface area contributed by atoms with E-state index in [0.29, 0.717) is 5.56 Å². The predicted molar refractivity (Wildman–Crippen MR) is 126 cm³/mol.